The van der Waals surface area contributed by atoms with E-state index in [9.17, 15) is 43.2 Å². The molecule has 1 aromatic heterocycles. The van der Waals surface area contributed by atoms with E-state index in [0.29, 0.717) is 11.1 Å². The summed E-state index contributed by atoms with van der Waals surface area (Å²) in [6, 6.07) is 7.24. The minimum absolute atomic E-state index is 0.000297. The molecule has 19 N–H and O–H groups in total. The molecule has 0 radical (unpaired) electrons. The number of H-pyrrole nitrogens is 1. The monoisotopic (exact) mass is 1050 g/mol. The average molecular weight is 1050 g/mol. The van der Waals surface area contributed by atoms with Crippen LogP contribution >= 0.6 is 11.6 Å². The van der Waals surface area contributed by atoms with E-state index in [4.69, 9.17) is 46.0 Å². The van der Waals surface area contributed by atoms with Crippen LogP contribution in [0, 0.1) is 11.8 Å². The van der Waals surface area contributed by atoms with Crippen molar-refractivity contribution in [3.8, 4) is 0 Å². The van der Waals surface area contributed by atoms with Crippen molar-refractivity contribution in [1.29, 1.82) is 0 Å². The molecule has 0 aliphatic carbocycles. The summed E-state index contributed by atoms with van der Waals surface area (Å²) in [5, 5.41) is 16.8. The van der Waals surface area contributed by atoms with Crippen molar-refractivity contribution in [3.05, 3.63) is 70.9 Å². The van der Waals surface area contributed by atoms with Gasteiger partial charge >= 0.3 is 0 Å². The second-order valence-corrected chi connectivity index (χ2v) is 18.6. The van der Waals surface area contributed by atoms with Gasteiger partial charge < -0.3 is 71.3 Å². The zero-order valence-electron chi connectivity index (χ0n) is 41.5. The van der Waals surface area contributed by atoms with Crippen LogP contribution in [0.5, 0.6) is 0 Å². The number of aliphatic imine (C=N–C) groups is 2. The lowest BCUT2D eigenvalue weighted by Gasteiger charge is -2.27. The summed E-state index contributed by atoms with van der Waals surface area (Å²) in [7, 11) is 0. The second kappa shape index (κ2) is 29.8. The number of aromatic nitrogens is 1. The first kappa shape index (κ1) is 59.0. The minimum atomic E-state index is -1.51. The lowest BCUT2D eigenvalue weighted by Crippen LogP contribution is -2.59. The molecule has 4 rings (SSSR count). The van der Waals surface area contributed by atoms with Crippen molar-refractivity contribution in [3.63, 3.8) is 0 Å². The molecule has 24 nitrogen and oxygen atoms in total. The van der Waals surface area contributed by atoms with Crippen molar-refractivity contribution < 1.29 is 43.2 Å². The van der Waals surface area contributed by atoms with E-state index in [0.717, 1.165) is 10.9 Å². The highest BCUT2D eigenvalue weighted by molar-refractivity contribution is 6.31. The molecular weight excluding hydrogens is 978 g/mol. The van der Waals surface area contributed by atoms with Crippen LogP contribution in [-0.2, 0) is 56.0 Å². The highest BCUT2D eigenvalue weighted by Crippen LogP contribution is 2.27. The summed E-state index contributed by atoms with van der Waals surface area (Å²) in [5.41, 5.74) is 35.8. The fourth-order valence-electron chi connectivity index (χ4n) is 8.48. The van der Waals surface area contributed by atoms with Crippen molar-refractivity contribution in [2.45, 2.75) is 114 Å². The summed E-state index contributed by atoms with van der Waals surface area (Å²) in [5.74, 6) is -8.83. The SMILES string of the molecule is CC(=O)N[C@@H](CCCN=C(N)N)C(=O)N[C@H]1CCC(=O)NCCC[C@@H](C(N)=O)NC(=O)[C@H](Cc2c[nH]c3ccccc23)CC(=O)[C@H](CCCN=C(N)N)CC(=O)[C@@H](Cc2ccccc2Cl)NC(=O)[C@H](CN)NC1=O. The highest BCUT2D eigenvalue weighted by Gasteiger charge is 2.35. The number of amides is 7. The third-order valence-electron chi connectivity index (χ3n) is 12.4. The lowest BCUT2D eigenvalue weighted by molar-refractivity contribution is -0.135. The Hall–Kier alpha value is -7.60. The van der Waals surface area contributed by atoms with Crippen molar-refractivity contribution in [1.82, 2.24) is 36.9 Å². The molecular formula is C49H70ClN15O9. The van der Waals surface area contributed by atoms with E-state index in [1.807, 2.05) is 24.3 Å². The molecule has 25 heteroatoms. The molecule has 0 unspecified atom stereocenters. The van der Waals surface area contributed by atoms with Crippen molar-refractivity contribution in [2.75, 3.05) is 26.2 Å². The largest absolute Gasteiger partial charge is 0.370 e. The smallest absolute Gasteiger partial charge is 0.244 e. The maximum atomic E-state index is 14.7. The summed E-state index contributed by atoms with van der Waals surface area (Å²) in [4.78, 5) is 135. The third-order valence-corrected chi connectivity index (χ3v) is 12.8. The third kappa shape index (κ3) is 19.4. The van der Waals surface area contributed by atoms with Crippen LogP contribution in [0.4, 0.5) is 0 Å². The predicted octanol–water partition coefficient (Wildman–Crippen LogP) is -1.56. The Morgan fingerprint density at radius 3 is 2.09 bits per heavy atom. The molecule has 1 aliphatic rings. The van der Waals surface area contributed by atoms with Gasteiger partial charge in [0.2, 0.25) is 41.4 Å². The number of halogens is 1. The van der Waals surface area contributed by atoms with Gasteiger partial charge in [-0.25, -0.2) is 0 Å². The molecule has 3 aromatic rings. The number of nitrogens with one attached hydrogen (secondary N) is 7. The number of rotatable bonds is 17. The summed E-state index contributed by atoms with van der Waals surface area (Å²) >= 11 is 6.56. The number of benzene rings is 2. The van der Waals surface area contributed by atoms with Gasteiger partial charge in [-0.15, -0.1) is 0 Å². The number of Topliss-reactive ketones (excluding diaryl/α,β-unsaturated/α-hetero) is 2. The Bertz CT molecular complexity index is 2530. The minimum Gasteiger partial charge on any atom is -0.370 e. The van der Waals surface area contributed by atoms with Gasteiger partial charge in [0.25, 0.3) is 0 Å². The number of guanidine groups is 2. The van der Waals surface area contributed by atoms with Crippen LogP contribution in [0.25, 0.3) is 10.9 Å². The maximum Gasteiger partial charge on any atom is 0.244 e. The number of aromatic amines is 1. The van der Waals surface area contributed by atoms with E-state index in [-0.39, 0.29) is 107 Å². The number of ketones is 2. The first-order valence-electron chi connectivity index (χ1n) is 24.4. The summed E-state index contributed by atoms with van der Waals surface area (Å²) < 4.78 is 0. The predicted molar refractivity (Wildman–Crippen MR) is 278 cm³/mol. The molecule has 2 heterocycles. The van der Waals surface area contributed by atoms with Crippen molar-refractivity contribution >= 4 is 87.3 Å². The molecule has 7 amide bonds. The maximum absolute atomic E-state index is 14.7. The van der Waals surface area contributed by atoms with Crippen LogP contribution in [0.1, 0.15) is 82.3 Å². The molecule has 0 bridgehead atoms. The normalized spacial score (nSPS) is 21.4. The van der Waals surface area contributed by atoms with Gasteiger partial charge in [0.15, 0.2) is 17.7 Å². The van der Waals surface area contributed by atoms with Crippen LogP contribution < -0.4 is 66.3 Å². The number of nitrogens with two attached hydrogens (primary N) is 6. The van der Waals surface area contributed by atoms with Gasteiger partial charge in [-0.3, -0.25) is 53.1 Å². The number of fused-ring (bicyclic) bond motifs is 1. The standard InChI is InChI=1S/C49H70ClN15O9/c1-27(66)61-36(15-8-20-59-49(55)56)45(72)63-37-16-17-42(69)57-18-7-14-35(43(52)70)62-44(71)30(21-31-26-60-34-13-5-3-11-32(31)34)24-40(67)29(10-6-19-58-48(53)54)23-41(68)38(22-28-9-2-4-12-33(28)50)64-47(74)39(25-51)65-46(37)73/h2-5,9,11-13,26,29-30,35-39,60H,6-8,10,14-25,51H2,1H3,(H2,52,70)(H,57,69)(H,61,66)(H,62,71)(H,63,72)(H,64,74)(H,65,73)(H4,53,54,58)(H4,55,56,59)/t29-,30-,35+,36+,37+,38-,39+/m1/s1. The number of nitrogens with zero attached hydrogens (tertiary/aromatic N) is 2. The Balaban J connectivity index is 1.75. The zero-order valence-corrected chi connectivity index (χ0v) is 42.2. The molecule has 7 atom stereocenters. The molecule has 0 saturated carbocycles. The molecule has 1 saturated heterocycles. The van der Waals surface area contributed by atoms with Crippen LogP contribution in [0.3, 0.4) is 0 Å². The fourth-order valence-corrected chi connectivity index (χ4v) is 8.69. The molecule has 402 valence electrons. The lowest BCUT2D eigenvalue weighted by atomic mass is 9.83. The molecule has 1 fully saturated rings. The van der Waals surface area contributed by atoms with E-state index in [1.165, 1.54) is 6.92 Å². The van der Waals surface area contributed by atoms with Crippen LogP contribution in [-0.4, -0.2) is 126 Å². The molecule has 74 heavy (non-hydrogen) atoms. The second-order valence-electron chi connectivity index (χ2n) is 18.2. The van der Waals surface area contributed by atoms with Gasteiger partial charge in [0.1, 0.15) is 30.0 Å². The van der Waals surface area contributed by atoms with Crippen LogP contribution in [0.2, 0.25) is 5.02 Å². The fraction of sp³-hybridized carbons (Fsp3) is 0.490. The first-order valence-corrected chi connectivity index (χ1v) is 24.8. The van der Waals surface area contributed by atoms with Gasteiger partial charge in [0.05, 0.1) is 6.04 Å². The highest BCUT2D eigenvalue weighted by atomic mass is 35.5. The van der Waals surface area contributed by atoms with E-state index in [1.54, 1.807) is 30.5 Å². The van der Waals surface area contributed by atoms with Gasteiger partial charge in [-0.05, 0) is 74.6 Å². The van der Waals surface area contributed by atoms with Gasteiger partial charge in [-0.2, -0.15) is 0 Å². The molecule has 0 spiro atoms. The Morgan fingerprint density at radius 2 is 1.42 bits per heavy atom. The number of para-hydroxylation sites is 1. The van der Waals surface area contributed by atoms with E-state index in [2.05, 4.69) is 46.9 Å². The number of hydrogen-bond acceptors (Lipinski definition) is 12. The number of primary amides is 1. The number of carbonyl (C=O) groups excluding carboxylic acids is 9. The summed E-state index contributed by atoms with van der Waals surface area (Å²) in [6.07, 6.45) is 0.904. The van der Waals surface area contributed by atoms with E-state index >= 15 is 0 Å². The van der Waals surface area contributed by atoms with E-state index < -0.39 is 108 Å². The Kier molecular flexibility index (Phi) is 23.7. The first-order chi connectivity index (χ1) is 35.3. The van der Waals surface area contributed by atoms with Crippen LogP contribution in [0.15, 0.2) is 64.7 Å². The number of hydrogen-bond donors (Lipinski definition) is 13. The quantitative estimate of drug-likeness (QED) is 0.0414. The molecule has 2 aromatic carbocycles. The summed E-state index contributed by atoms with van der Waals surface area (Å²) in [6.45, 7) is 0.927. The zero-order chi connectivity index (χ0) is 54.3. The Morgan fingerprint density at radius 1 is 0.757 bits per heavy atom. The van der Waals surface area contributed by atoms with Gasteiger partial charge in [-0.1, -0.05) is 48.0 Å². The van der Waals surface area contributed by atoms with Gasteiger partial charge in [0, 0.05) is 92.7 Å². The van der Waals surface area contributed by atoms with Crippen molar-refractivity contribution in [2.24, 2.45) is 56.2 Å². The topological polar surface area (TPSA) is 422 Å². The number of carbonyl (C=O) groups is 9. The molecule has 1 aliphatic heterocycles. The average Bonchev–Trinajstić information content (AvgIpc) is 3.76. The Labute approximate surface area is 433 Å².